The molecule has 0 aliphatic rings. The first-order valence-electron chi connectivity index (χ1n) is 6.25. The van der Waals surface area contributed by atoms with Crippen LogP contribution in [0.15, 0.2) is 12.1 Å². The Balaban J connectivity index is 3.61. The van der Waals surface area contributed by atoms with Crippen molar-refractivity contribution in [3.8, 4) is 11.5 Å². The summed E-state index contributed by atoms with van der Waals surface area (Å²) in [7, 11) is 3.33. The highest BCUT2D eigenvalue weighted by Crippen LogP contribution is 2.42. The maximum absolute atomic E-state index is 9.64. The van der Waals surface area contributed by atoms with Crippen LogP contribution in [0.2, 0.25) is 0 Å². The Morgan fingerprint density at radius 2 is 1.61 bits per heavy atom. The zero-order valence-corrected chi connectivity index (χ0v) is 12.2. The summed E-state index contributed by atoms with van der Waals surface area (Å²) in [6.07, 6.45) is 0. The predicted octanol–water partition coefficient (Wildman–Crippen LogP) is 3.10. The van der Waals surface area contributed by atoms with Crippen molar-refractivity contribution in [2.75, 3.05) is 20.8 Å². The van der Waals surface area contributed by atoms with Gasteiger partial charge < -0.3 is 14.6 Å². The van der Waals surface area contributed by atoms with Gasteiger partial charge in [-0.1, -0.05) is 27.7 Å². The molecular weight excluding hydrogens is 228 g/mol. The second-order valence-electron chi connectivity index (χ2n) is 5.46. The molecule has 0 saturated carbocycles. The van der Waals surface area contributed by atoms with Crippen LogP contribution in [0.25, 0.3) is 0 Å². The van der Waals surface area contributed by atoms with Crippen LogP contribution in [-0.2, 0) is 5.41 Å². The van der Waals surface area contributed by atoms with Gasteiger partial charge in [-0.2, -0.15) is 0 Å². The highest BCUT2D eigenvalue weighted by atomic mass is 16.5. The third-order valence-corrected chi connectivity index (χ3v) is 3.26. The molecule has 0 heterocycles. The van der Waals surface area contributed by atoms with Crippen LogP contribution >= 0.6 is 0 Å². The Morgan fingerprint density at radius 1 is 1.11 bits per heavy atom. The van der Waals surface area contributed by atoms with Crippen molar-refractivity contribution in [1.29, 1.82) is 0 Å². The first-order valence-corrected chi connectivity index (χ1v) is 6.25. The van der Waals surface area contributed by atoms with Crippen LogP contribution < -0.4 is 9.47 Å². The van der Waals surface area contributed by atoms with E-state index in [1.807, 2.05) is 26.0 Å². The molecule has 0 unspecified atom stereocenters. The summed E-state index contributed by atoms with van der Waals surface area (Å²) in [4.78, 5) is 0. The van der Waals surface area contributed by atoms with E-state index in [0.717, 1.165) is 22.6 Å². The molecule has 0 fully saturated rings. The highest BCUT2D eigenvalue weighted by Gasteiger charge is 2.30. The summed E-state index contributed by atoms with van der Waals surface area (Å²) in [5.74, 6) is 1.96. The van der Waals surface area contributed by atoms with Gasteiger partial charge in [-0.05, 0) is 18.1 Å². The molecule has 0 aliphatic carbocycles. The summed E-state index contributed by atoms with van der Waals surface area (Å²) in [5, 5.41) is 9.64. The molecule has 0 aromatic heterocycles. The zero-order valence-electron chi connectivity index (χ0n) is 12.2. The molecule has 0 saturated heterocycles. The molecule has 0 aliphatic heterocycles. The van der Waals surface area contributed by atoms with E-state index in [9.17, 15) is 5.11 Å². The second-order valence-corrected chi connectivity index (χ2v) is 5.46. The Bertz CT molecular complexity index is 408. The second kappa shape index (κ2) is 5.61. The number of methoxy groups -OCH3 is 2. The molecule has 0 radical (unpaired) electrons. The Morgan fingerprint density at radius 3 is 2.00 bits per heavy atom. The molecule has 1 rings (SSSR count). The van der Waals surface area contributed by atoms with E-state index in [2.05, 4.69) is 13.8 Å². The smallest absolute Gasteiger partial charge is 0.123 e. The lowest BCUT2D eigenvalue weighted by Crippen LogP contribution is -2.25. The lowest BCUT2D eigenvalue weighted by molar-refractivity contribution is 0.213. The van der Waals surface area contributed by atoms with Gasteiger partial charge in [0, 0.05) is 16.5 Å². The third kappa shape index (κ3) is 2.61. The molecule has 1 aromatic rings. The lowest BCUT2D eigenvalue weighted by atomic mass is 9.78. The fraction of sp³-hybridized carbons (Fsp3) is 0.600. The first kappa shape index (κ1) is 14.8. The SMILES string of the molecule is COc1ccc(OC)c(C(C)(C)CO)c1C(C)C. The number of benzene rings is 1. The Kier molecular flexibility index (Phi) is 4.63. The fourth-order valence-corrected chi connectivity index (χ4v) is 2.28. The summed E-state index contributed by atoms with van der Waals surface area (Å²) in [5.41, 5.74) is 1.78. The summed E-state index contributed by atoms with van der Waals surface area (Å²) in [6.45, 7) is 8.32. The van der Waals surface area contributed by atoms with Crippen molar-refractivity contribution in [2.45, 2.75) is 39.0 Å². The van der Waals surface area contributed by atoms with E-state index < -0.39 is 0 Å². The molecule has 3 nitrogen and oxygen atoms in total. The zero-order chi connectivity index (χ0) is 13.9. The van der Waals surface area contributed by atoms with Gasteiger partial charge in [0.2, 0.25) is 0 Å². The normalized spacial score (nSPS) is 11.8. The molecule has 18 heavy (non-hydrogen) atoms. The van der Waals surface area contributed by atoms with Gasteiger partial charge in [0.1, 0.15) is 11.5 Å². The molecular formula is C15H24O3. The van der Waals surface area contributed by atoms with Crippen LogP contribution in [0.4, 0.5) is 0 Å². The molecule has 0 amide bonds. The molecule has 1 aromatic carbocycles. The number of aliphatic hydroxyl groups is 1. The van der Waals surface area contributed by atoms with Crippen LogP contribution in [0.5, 0.6) is 11.5 Å². The molecule has 0 bridgehead atoms. The summed E-state index contributed by atoms with van der Waals surface area (Å²) >= 11 is 0. The van der Waals surface area contributed by atoms with E-state index in [4.69, 9.17) is 9.47 Å². The van der Waals surface area contributed by atoms with Gasteiger partial charge in [0.15, 0.2) is 0 Å². The minimum Gasteiger partial charge on any atom is -0.496 e. The predicted molar refractivity (Wildman–Crippen MR) is 73.7 cm³/mol. The van der Waals surface area contributed by atoms with Gasteiger partial charge in [-0.3, -0.25) is 0 Å². The lowest BCUT2D eigenvalue weighted by Gasteiger charge is -2.30. The average molecular weight is 252 g/mol. The van der Waals surface area contributed by atoms with Crippen LogP contribution in [0.3, 0.4) is 0 Å². The van der Waals surface area contributed by atoms with Crippen molar-refractivity contribution in [3.05, 3.63) is 23.3 Å². The molecule has 102 valence electrons. The Hall–Kier alpha value is -1.22. The minimum atomic E-state index is -0.362. The number of rotatable bonds is 5. The van der Waals surface area contributed by atoms with E-state index in [-0.39, 0.29) is 12.0 Å². The van der Waals surface area contributed by atoms with E-state index in [1.54, 1.807) is 14.2 Å². The topological polar surface area (TPSA) is 38.7 Å². The molecule has 0 atom stereocenters. The van der Waals surface area contributed by atoms with Crippen LogP contribution in [0, 0.1) is 0 Å². The van der Waals surface area contributed by atoms with Crippen molar-refractivity contribution >= 4 is 0 Å². The van der Waals surface area contributed by atoms with Gasteiger partial charge in [-0.15, -0.1) is 0 Å². The largest absolute Gasteiger partial charge is 0.496 e. The van der Waals surface area contributed by atoms with Crippen LogP contribution in [0.1, 0.15) is 44.7 Å². The van der Waals surface area contributed by atoms with Gasteiger partial charge in [0.05, 0.1) is 20.8 Å². The molecule has 1 N–H and O–H groups in total. The van der Waals surface area contributed by atoms with E-state index >= 15 is 0 Å². The number of ether oxygens (including phenoxy) is 2. The maximum Gasteiger partial charge on any atom is 0.123 e. The number of hydrogen-bond acceptors (Lipinski definition) is 3. The monoisotopic (exact) mass is 252 g/mol. The first-order chi connectivity index (χ1) is 8.38. The summed E-state index contributed by atoms with van der Waals surface area (Å²) < 4.78 is 10.9. The standard InChI is InChI=1S/C15H24O3/c1-10(2)13-11(17-5)7-8-12(18-6)14(13)15(3,4)9-16/h7-8,10,16H,9H2,1-6H3. The third-order valence-electron chi connectivity index (χ3n) is 3.26. The minimum absolute atomic E-state index is 0.0657. The van der Waals surface area contributed by atoms with Gasteiger partial charge in [0.25, 0.3) is 0 Å². The van der Waals surface area contributed by atoms with Crippen molar-refractivity contribution in [3.63, 3.8) is 0 Å². The average Bonchev–Trinajstić information content (AvgIpc) is 2.36. The summed E-state index contributed by atoms with van der Waals surface area (Å²) in [6, 6.07) is 3.82. The fourth-order valence-electron chi connectivity index (χ4n) is 2.28. The quantitative estimate of drug-likeness (QED) is 0.875. The Labute approximate surface area is 110 Å². The molecule has 3 heteroatoms. The van der Waals surface area contributed by atoms with Crippen molar-refractivity contribution < 1.29 is 14.6 Å². The highest BCUT2D eigenvalue weighted by molar-refractivity contribution is 5.53. The van der Waals surface area contributed by atoms with Crippen molar-refractivity contribution in [1.82, 2.24) is 0 Å². The van der Waals surface area contributed by atoms with E-state index in [0.29, 0.717) is 5.92 Å². The van der Waals surface area contributed by atoms with Crippen molar-refractivity contribution in [2.24, 2.45) is 0 Å². The van der Waals surface area contributed by atoms with Gasteiger partial charge >= 0.3 is 0 Å². The van der Waals surface area contributed by atoms with E-state index in [1.165, 1.54) is 0 Å². The molecule has 0 spiro atoms. The maximum atomic E-state index is 9.64. The van der Waals surface area contributed by atoms with Gasteiger partial charge in [-0.25, -0.2) is 0 Å². The number of hydrogen-bond donors (Lipinski definition) is 1. The van der Waals surface area contributed by atoms with Crippen LogP contribution in [-0.4, -0.2) is 25.9 Å². The number of aliphatic hydroxyl groups excluding tert-OH is 1.